The van der Waals surface area contributed by atoms with E-state index in [1.807, 2.05) is 70.3 Å². The Morgan fingerprint density at radius 1 is 0.885 bits per heavy atom. The summed E-state index contributed by atoms with van der Waals surface area (Å²) in [6.45, 7) is 27.9. The number of amides is 2. The summed E-state index contributed by atoms with van der Waals surface area (Å²) in [7, 11) is 0. The quantitative estimate of drug-likeness (QED) is 0.124. The van der Waals surface area contributed by atoms with Gasteiger partial charge < -0.3 is 25.8 Å². The maximum atomic E-state index is 12.6. The number of nitrogens with two attached hydrogens (primary N) is 1. The third kappa shape index (κ3) is 25.2. The number of nitrogens with one attached hydrogen (secondary N) is 2. The molecule has 0 radical (unpaired) electrons. The molecule has 9 heteroatoms. The van der Waals surface area contributed by atoms with Gasteiger partial charge in [0, 0.05) is 18.5 Å². The van der Waals surface area contributed by atoms with E-state index in [0.29, 0.717) is 31.5 Å². The average Bonchev–Trinajstić information content (AvgIpc) is 3.06. The monoisotopic (exact) mass is 725 g/mol. The Balaban J connectivity index is 0. The largest absolute Gasteiger partial charge is 0.444 e. The lowest BCUT2D eigenvalue weighted by atomic mass is 9.98. The lowest BCUT2D eigenvalue weighted by Gasteiger charge is -2.29. The smallest absolute Gasteiger partial charge is 0.408 e. The Labute approximate surface area is 316 Å². The molecule has 2 atom stereocenters. The average molecular weight is 725 g/mol. The molecule has 2 aromatic rings. The molecule has 294 valence electrons. The van der Waals surface area contributed by atoms with Crippen LogP contribution in [0, 0.1) is 18.8 Å². The molecule has 0 saturated carbocycles. The number of carbonyl (C=O) groups excluding carboxylic acids is 3. The number of alkyl carbamates (subject to hydrolysis) is 1. The highest BCUT2D eigenvalue weighted by Gasteiger charge is 2.33. The third-order valence-electron chi connectivity index (χ3n) is 7.37. The van der Waals surface area contributed by atoms with Gasteiger partial charge in [-0.25, -0.2) is 4.79 Å². The van der Waals surface area contributed by atoms with Crippen LogP contribution in [0.15, 0.2) is 71.4 Å². The molecule has 0 aliphatic heterocycles. The van der Waals surface area contributed by atoms with Gasteiger partial charge in [0.25, 0.3) is 0 Å². The molecule has 0 aliphatic carbocycles. The molecule has 2 rings (SSSR count). The second-order valence-electron chi connectivity index (χ2n) is 14.3. The summed E-state index contributed by atoms with van der Waals surface area (Å²) < 4.78 is 10.8. The maximum absolute atomic E-state index is 12.6. The third-order valence-corrected chi connectivity index (χ3v) is 7.37. The van der Waals surface area contributed by atoms with Crippen molar-refractivity contribution >= 4 is 24.0 Å². The topological polar surface area (TPSA) is 132 Å². The Bertz CT molecular complexity index is 1310. The molecular weight excluding hydrogens is 652 g/mol. The van der Waals surface area contributed by atoms with Gasteiger partial charge in [0.05, 0.1) is 12.6 Å². The Kier molecular flexibility index (Phi) is 26.9. The molecule has 52 heavy (non-hydrogen) atoms. The number of nitrogens with zero attached hydrogens (tertiary/aromatic N) is 1. The molecule has 2 amide bonds. The minimum atomic E-state index is -1.24. The second-order valence-corrected chi connectivity index (χ2v) is 14.3. The molecule has 2 aromatic carbocycles. The van der Waals surface area contributed by atoms with Crippen molar-refractivity contribution in [3.05, 3.63) is 83.1 Å². The van der Waals surface area contributed by atoms with Crippen LogP contribution in [-0.4, -0.2) is 54.3 Å². The molecule has 0 bridgehead atoms. The number of ether oxygens (including phenoxy) is 2. The van der Waals surface area contributed by atoms with Gasteiger partial charge in [-0.05, 0) is 111 Å². The van der Waals surface area contributed by atoms with Crippen LogP contribution in [0.4, 0.5) is 4.79 Å². The maximum Gasteiger partial charge on any atom is 0.408 e. The van der Waals surface area contributed by atoms with E-state index >= 15 is 0 Å². The Morgan fingerprint density at radius 2 is 1.46 bits per heavy atom. The van der Waals surface area contributed by atoms with Gasteiger partial charge in [0.1, 0.15) is 11.1 Å². The summed E-state index contributed by atoms with van der Waals surface area (Å²) >= 11 is 0. The van der Waals surface area contributed by atoms with Crippen molar-refractivity contribution in [1.82, 2.24) is 10.6 Å². The fourth-order valence-electron chi connectivity index (χ4n) is 4.52. The van der Waals surface area contributed by atoms with Gasteiger partial charge in [-0.15, -0.1) is 0 Å². The molecule has 0 fully saturated rings. The minimum absolute atomic E-state index is 0.176. The fraction of sp³-hybridized carbons (Fsp3) is 0.581. The summed E-state index contributed by atoms with van der Waals surface area (Å²) in [5, 5.41) is 5.21. The number of hydrogen-bond donors (Lipinski definition) is 3. The molecule has 0 heterocycles. The summed E-state index contributed by atoms with van der Waals surface area (Å²) in [5.74, 6) is 0.602. The highest BCUT2D eigenvalue weighted by molar-refractivity contribution is 5.93. The SMILES string of the molecule is CC.CC(=O)[C@@H](CCOCc1ccccc1)NC(=O)C(C)(C)NC(=O)OC(C)(C)C.CC=N/C(=C\C)C(C)C.Cc1ccc(CC(C)CCN)cc1. The first-order chi connectivity index (χ1) is 24.3. The van der Waals surface area contributed by atoms with E-state index in [1.165, 1.54) is 18.1 Å². The van der Waals surface area contributed by atoms with E-state index in [2.05, 4.69) is 67.6 Å². The molecule has 0 spiro atoms. The van der Waals surface area contributed by atoms with E-state index in [4.69, 9.17) is 15.2 Å². The van der Waals surface area contributed by atoms with Crippen molar-refractivity contribution < 1.29 is 23.9 Å². The number of Topliss-reactive ketones (excluding diaryl/α,β-unsaturated/α-hetero) is 1. The highest BCUT2D eigenvalue weighted by atomic mass is 16.6. The number of rotatable bonds is 15. The Morgan fingerprint density at radius 3 is 1.90 bits per heavy atom. The zero-order chi connectivity index (χ0) is 40.3. The van der Waals surface area contributed by atoms with Crippen LogP contribution in [0.1, 0.15) is 120 Å². The number of hydrogen-bond acceptors (Lipinski definition) is 7. The first kappa shape index (κ1) is 50.3. The van der Waals surface area contributed by atoms with Crippen molar-refractivity contribution in [3.63, 3.8) is 0 Å². The standard InChI is InChI=1S/C21H32N2O5.C12H19N.C8H15N.C2H6/c1-15(24)17(12-13-27-14-16-10-8-7-9-11-16)22-18(25)21(5,6)23-19(26)28-20(2,3)4;1-10-3-5-12(6-4-10)9-11(2)7-8-13;1-5-8(7(3)4)9-6-2;1-2/h7-11,17H,12-14H2,1-6H3,(H,22,25)(H,23,26);3-6,11H,7-9,13H2,1-2H3;5-7H,1-4H3;1-2H3/b;;8-5-,9-6?;/t17-;;;/m1.../s1. The van der Waals surface area contributed by atoms with Crippen molar-refractivity contribution in [3.8, 4) is 0 Å². The molecule has 0 saturated heterocycles. The van der Waals surface area contributed by atoms with Gasteiger partial charge >= 0.3 is 6.09 Å². The number of allylic oxidation sites excluding steroid dienone is 2. The summed E-state index contributed by atoms with van der Waals surface area (Å²) in [5.41, 5.74) is 8.55. The molecule has 0 aromatic heterocycles. The van der Waals surface area contributed by atoms with Gasteiger partial charge in [0.15, 0.2) is 5.78 Å². The minimum Gasteiger partial charge on any atom is -0.444 e. The van der Waals surface area contributed by atoms with Crippen molar-refractivity contribution in [2.24, 2.45) is 22.6 Å². The van der Waals surface area contributed by atoms with Gasteiger partial charge in [-0.1, -0.05) is 101 Å². The van der Waals surface area contributed by atoms with Crippen LogP contribution in [0.3, 0.4) is 0 Å². The van der Waals surface area contributed by atoms with E-state index in [9.17, 15) is 14.4 Å². The normalized spacial score (nSPS) is 12.6. The number of aryl methyl sites for hydroxylation is 1. The Hall–Kier alpha value is -3.82. The zero-order valence-corrected chi connectivity index (χ0v) is 34.9. The molecular formula is C43H72N4O5. The molecule has 9 nitrogen and oxygen atoms in total. The van der Waals surface area contributed by atoms with Crippen LogP contribution in [-0.2, 0) is 32.1 Å². The predicted octanol–water partition coefficient (Wildman–Crippen LogP) is 9.16. The predicted molar refractivity (Wildman–Crippen MR) is 219 cm³/mol. The first-order valence-corrected chi connectivity index (χ1v) is 18.7. The number of benzene rings is 2. The fourth-order valence-corrected chi connectivity index (χ4v) is 4.52. The number of carbonyl (C=O) groups is 3. The van der Waals surface area contributed by atoms with E-state index in [1.54, 1.807) is 34.6 Å². The molecule has 4 N–H and O–H groups in total. The lowest BCUT2D eigenvalue weighted by Crippen LogP contribution is -2.58. The van der Waals surface area contributed by atoms with Crippen LogP contribution in [0.25, 0.3) is 0 Å². The van der Waals surface area contributed by atoms with Crippen LogP contribution >= 0.6 is 0 Å². The van der Waals surface area contributed by atoms with Gasteiger partial charge in [0.2, 0.25) is 5.91 Å². The first-order valence-electron chi connectivity index (χ1n) is 18.7. The van der Waals surface area contributed by atoms with E-state index in [-0.39, 0.29) is 5.78 Å². The highest BCUT2D eigenvalue weighted by Crippen LogP contribution is 2.13. The molecule has 0 aliphatic rings. The van der Waals surface area contributed by atoms with E-state index in [0.717, 1.165) is 30.6 Å². The summed E-state index contributed by atoms with van der Waals surface area (Å²) in [4.78, 5) is 40.6. The van der Waals surface area contributed by atoms with Crippen LogP contribution < -0.4 is 16.4 Å². The molecule has 1 unspecified atom stereocenters. The zero-order valence-electron chi connectivity index (χ0n) is 34.9. The summed E-state index contributed by atoms with van der Waals surface area (Å²) in [6, 6.07) is 17.8. The summed E-state index contributed by atoms with van der Waals surface area (Å²) in [6.07, 6.45) is 5.79. The van der Waals surface area contributed by atoms with Crippen molar-refractivity contribution in [2.75, 3.05) is 13.2 Å². The van der Waals surface area contributed by atoms with Crippen molar-refractivity contribution in [1.29, 1.82) is 0 Å². The van der Waals surface area contributed by atoms with Crippen LogP contribution in [0.2, 0.25) is 0 Å². The van der Waals surface area contributed by atoms with Crippen molar-refractivity contribution in [2.45, 2.75) is 140 Å². The van der Waals surface area contributed by atoms with Crippen LogP contribution in [0.5, 0.6) is 0 Å². The number of aliphatic imine (C=N–C) groups is 1. The van der Waals surface area contributed by atoms with Gasteiger partial charge in [-0.3, -0.25) is 14.6 Å². The van der Waals surface area contributed by atoms with Gasteiger partial charge in [-0.2, -0.15) is 0 Å². The second kappa shape index (κ2) is 27.8. The van der Waals surface area contributed by atoms with E-state index < -0.39 is 29.2 Å². The lowest BCUT2D eigenvalue weighted by molar-refractivity contribution is -0.131. The number of ketones is 1.